The van der Waals surface area contributed by atoms with Gasteiger partial charge in [0.05, 0.1) is 25.8 Å². The molecular weight excluding hydrogens is 291 g/mol. The summed E-state index contributed by atoms with van der Waals surface area (Å²) in [4.78, 5) is 17.4. The van der Waals surface area contributed by atoms with Gasteiger partial charge in [-0.05, 0) is 11.4 Å². The summed E-state index contributed by atoms with van der Waals surface area (Å²) in [5.41, 5.74) is 0. The first-order valence-corrected chi connectivity index (χ1v) is 8.34. The van der Waals surface area contributed by atoms with Crippen molar-refractivity contribution >= 4 is 17.2 Å². The molecule has 0 bridgehead atoms. The maximum atomic E-state index is 12.3. The number of carbonyl (C=O) groups is 1. The van der Waals surface area contributed by atoms with Gasteiger partial charge in [0.1, 0.15) is 0 Å². The molecule has 1 aromatic rings. The Bertz CT molecular complexity index is 468. The monoisotopic (exact) mass is 312 g/mol. The Kier molecular flexibility index (Phi) is 4.87. The maximum absolute atomic E-state index is 12.3. The summed E-state index contributed by atoms with van der Waals surface area (Å²) >= 11 is 1.77. The van der Waals surface area contributed by atoms with Gasteiger partial charge in [-0.3, -0.25) is 14.1 Å². The third-order valence-corrected chi connectivity index (χ3v) is 5.09. The summed E-state index contributed by atoms with van der Waals surface area (Å²) in [5.74, 6) is 0.259. The Morgan fingerprint density at radius 1 is 1.43 bits per heavy atom. The van der Waals surface area contributed by atoms with Crippen molar-refractivity contribution in [2.45, 2.75) is 19.1 Å². The second-order valence-corrected chi connectivity index (χ2v) is 6.75. The second kappa shape index (κ2) is 6.85. The van der Waals surface area contributed by atoms with Crippen molar-refractivity contribution in [3.63, 3.8) is 0 Å². The fourth-order valence-electron chi connectivity index (χ4n) is 3.17. The molecule has 21 heavy (non-hydrogen) atoms. The van der Waals surface area contributed by atoms with Crippen molar-refractivity contribution in [2.75, 3.05) is 39.5 Å². The molecule has 3 heterocycles. The van der Waals surface area contributed by atoms with Gasteiger partial charge in [-0.15, -0.1) is 11.3 Å². The van der Waals surface area contributed by atoms with Crippen LogP contribution in [0.1, 0.15) is 11.3 Å². The second-order valence-electron chi connectivity index (χ2n) is 5.72. The molecule has 4 nitrogen and oxygen atoms in total. The SMILES string of the molecule is O=C(CCF)N1C[C@@H]2CN(Cc3cccs3)CCO[C@@H]2C1. The number of ether oxygens (including phenoxy) is 1. The first kappa shape index (κ1) is 14.9. The highest BCUT2D eigenvalue weighted by Gasteiger charge is 2.38. The van der Waals surface area contributed by atoms with E-state index >= 15 is 0 Å². The van der Waals surface area contributed by atoms with Crippen molar-refractivity contribution in [3.05, 3.63) is 22.4 Å². The van der Waals surface area contributed by atoms with E-state index in [9.17, 15) is 9.18 Å². The van der Waals surface area contributed by atoms with Crippen LogP contribution in [0.4, 0.5) is 4.39 Å². The van der Waals surface area contributed by atoms with E-state index in [4.69, 9.17) is 4.74 Å². The van der Waals surface area contributed by atoms with Gasteiger partial charge in [-0.1, -0.05) is 6.07 Å². The number of carbonyl (C=O) groups excluding carboxylic acids is 1. The molecule has 2 saturated heterocycles. The normalized spacial score (nSPS) is 26.6. The van der Waals surface area contributed by atoms with Gasteiger partial charge in [-0.2, -0.15) is 0 Å². The summed E-state index contributed by atoms with van der Waals surface area (Å²) in [6.45, 7) is 4.28. The maximum Gasteiger partial charge on any atom is 0.225 e. The van der Waals surface area contributed by atoms with Crippen molar-refractivity contribution in [1.82, 2.24) is 9.80 Å². The van der Waals surface area contributed by atoms with Crippen LogP contribution in [-0.2, 0) is 16.1 Å². The number of fused-ring (bicyclic) bond motifs is 1. The van der Waals surface area contributed by atoms with Crippen molar-refractivity contribution in [2.24, 2.45) is 5.92 Å². The molecule has 2 fully saturated rings. The molecule has 1 aromatic heterocycles. The number of hydrogen-bond donors (Lipinski definition) is 0. The minimum absolute atomic E-state index is 0.00164. The van der Waals surface area contributed by atoms with Crippen LogP contribution in [0, 0.1) is 5.92 Å². The quantitative estimate of drug-likeness (QED) is 0.849. The van der Waals surface area contributed by atoms with Gasteiger partial charge in [0.15, 0.2) is 0 Å². The number of amides is 1. The molecule has 0 unspecified atom stereocenters. The molecule has 0 aromatic carbocycles. The highest BCUT2D eigenvalue weighted by atomic mass is 32.1. The number of halogens is 1. The molecule has 0 saturated carbocycles. The average molecular weight is 312 g/mol. The minimum atomic E-state index is -0.573. The Morgan fingerprint density at radius 3 is 3.10 bits per heavy atom. The lowest BCUT2D eigenvalue weighted by atomic mass is 10.1. The topological polar surface area (TPSA) is 32.8 Å². The Labute approximate surface area is 128 Å². The lowest BCUT2D eigenvalue weighted by molar-refractivity contribution is -0.131. The van der Waals surface area contributed by atoms with E-state index in [2.05, 4.69) is 22.4 Å². The number of likely N-dealkylation sites (tertiary alicyclic amines) is 1. The molecule has 116 valence electrons. The predicted octanol–water partition coefficient (Wildman–Crippen LogP) is 1.77. The van der Waals surface area contributed by atoms with Gasteiger partial charge < -0.3 is 9.64 Å². The van der Waals surface area contributed by atoms with E-state index in [1.807, 2.05) is 0 Å². The van der Waals surface area contributed by atoms with Gasteiger partial charge in [0.25, 0.3) is 0 Å². The number of thiophene rings is 1. The minimum Gasteiger partial charge on any atom is -0.375 e. The smallest absolute Gasteiger partial charge is 0.225 e. The van der Waals surface area contributed by atoms with Crippen LogP contribution in [-0.4, -0.2) is 61.3 Å². The van der Waals surface area contributed by atoms with E-state index in [0.717, 1.165) is 19.6 Å². The van der Waals surface area contributed by atoms with Crippen LogP contribution in [0.3, 0.4) is 0 Å². The van der Waals surface area contributed by atoms with Gasteiger partial charge in [0.2, 0.25) is 5.91 Å². The summed E-state index contributed by atoms with van der Waals surface area (Å²) in [7, 11) is 0. The van der Waals surface area contributed by atoms with Crippen LogP contribution in [0.25, 0.3) is 0 Å². The highest BCUT2D eigenvalue weighted by Crippen LogP contribution is 2.25. The van der Waals surface area contributed by atoms with Crippen LogP contribution in [0.2, 0.25) is 0 Å². The Hall–Kier alpha value is -0.980. The zero-order chi connectivity index (χ0) is 14.7. The fraction of sp³-hybridized carbons (Fsp3) is 0.667. The van der Waals surface area contributed by atoms with Crippen LogP contribution < -0.4 is 0 Å². The summed E-state index contributed by atoms with van der Waals surface area (Å²) in [6.07, 6.45) is 0.111. The third-order valence-electron chi connectivity index (χ3n) is 4.23. The number of hydrogen-bond acceptors (Lipinski definition) is 4. The lowest BCUT2D eigenvalue weighted by Gasteiger charge is -2.22. The summed E-state index contributed by atoms with van der Waals surface area (Å²) in [6, 6.07) is 4.23. The lowest BCUT2D eigenvalue weighted by Crippen LogP contribution is -2.33. The number of alkyl halides is 1. The fourth-order valence-corrected chi connectivity index (χ4v) is 3.92. The van der Waals surface area contributed by atoms with Crippen molar-refractivity contribution in [3.8, 4) is 0 Å². The van der Waals surface area contributed by atoms with E-state index in [0.29, 0.717) is 25.6 Å². The molecule has 0 N–H and O–H groups in total. The van der Waals surface area contributed by atoms with Crippen molar-refractivity contribution < 1.29 is 13.9 Å². The molecule has 2 aliphatic rings. The predicted molar refractivity (Wildman–Crippen MR) is 80.0 cm³/mol. The van der Waals surface area contributed by atoms with Crippen LogP contribution >= 0.6 is 11.3 Å². The Morgan fingerprint density at radius 2 is 2.33 bits per heavy atom. The van der Waals surface area contributed by atoms with E-state index < -0.39 is 6.67 Å². The highest BCUT2D eigenvalue weighted by molar-refractivity contribution is 7.09. The van der Waals surface area contributed by atoms with Crippen LogP contribution in [0.15, 0.2) is 17.5 Å². The number of rotatable bonds is 4. The average Bonchev–Trinajstić information content (AvgIpc) is 3.06. The first-order chi connectivity index (χ1) is 10.3. The van der Waals surface area contributed by atoms with E-state index in [-0.39, 0.29) is 18.4 Å². The largest absolute Gasteiger partial charge is 0.375 e. The molecule has 6 heteroatoms. The standard InChI is InChI=1S/C15H21FN2O2S/c16-4-3-15(19)18-9-12-8-17(5-6-20-14(12)11-18)10-13-2-1-7-21-13/h1-2,7,12,14H,3-6,8-11H2/t12-,14+/m0/s1. The van der Waals surface area contributed by atoms with Gasteiger partial charge >= 0.3 is 0 Å². The molecular formula is C15H21FN2O2S. The molecule has 2 aliphatic heterocycles. The first-order valence-electron chi connectivity index (χ1n) is 7.46. The molecule has 0 radical (unpaired) electrons. The van der Waals surface area contributed by atoms with E-state index in [1.165, 1.54) is 4.88 Å². The number of nitrogens with zero attached hydrogens (tertiary/aromatic N) is 2. The Balaban J connectivity index is 1.58. The van der Waals surface area contributed by atoms with E-state index in [1.54, 1.807) is 16.2 Å². The summed E-state index contributed by atoms with van der Waals surface area (Å²) < 4.78 is 18.2. The molecule has 0 aliphatic carbocycles. The van der Waals surface area contributed by atoms with Crippen molar-refractivity contribution in [1.29, 1.82) is 0 Å². The third kappa shape index (κ3) is 3.62. The molecule has 3 rings (SSSR count). The molecule has 0 spiro atoms. The summed E-state index contributed by atoms with van der Waals surface area (Å²) in [5, 5.41) is 2.10. The van der Waals surface area contributed by atoms with Gasteiger partial charge in [0, 0.05) is 43.5 Å². The molecule has 1 amide bonds. The molecule has 2 atom stereocenters. The van der Waals surface area contributed by atoms with Crippen LogP contribution in [0.5, 0.6) is 0 Å². The van der Waals surface area contributed by atoms with Gasteiger partial charge in [-0.25, -0.2) is 0 Å². The zero-order valence-electron chi connectivity index (χ0n) is 12.0. The zero-order valence-corrected chi connectivity index (χ0v) is 12.9.